The zero-order valence-corrected chi connectivity index (χ0v) is 13.8. The number of rotatable bonds is 9. The van der Waals surface area contributed by atoms with Crippen LogP contribution in [0, 0.1) is 11.3 Å². The maximum atomic E-state index is 10.4. The number of aliphatic carboxylic acids is 1. The van der Waals surface area contributed by atoms with Gasteiger partial charge in [0.05, 0.1) is 29.6 Å². The number of unbranched alkanes of at least 4 members (excludes halogenated alkanes) is 2. The van der Waals surface area contributed by atoms with Crippen LogP contribution >= 0.6 is 0 Å². The zero-order valence-electron chi connectivity index (χ0n) is 13.8. The van der Waals surface area contributed by atoms with Gasteiger partial charge in [-0.2, -0.15) is 15.5 Å². The third-order valence-electron chi connectivity index (χ3n) is 3.42. The van der Waals surface area contributed by atoms with Crippen LogP contribution in [0.25, 0.3) is 0 Å². The van der Waals surface area contributed by atoms with Crippen molar-refractivity contribution in [2.45, 2.75) is 25.7 Å². The number of ether oxygens (including phenoxy) is 1. The highest BCUT2D eigenvalue weighted by atomic mass is 16.5. The fourth-order valence-electron chi connectivity index (χ4n) is 2.07. The van der Waals surface area contributed by atoms with Gasteiger partial charge in [0.15, 0.2) is 0 Å². The standard InChI is InChI=1S/C19H19N3O3/c20-14-15-5-7-16(8-6-15)21-22-17-9-11-18(12-10-17)25-13-3-1-2-4-19(23)24/h5-12H,1-4,13H2,(H,23,24)/b22-21+. The van der Waals surface area contributed by atoms with Crippen LogP contribution in [0.15, 0.2) is 58.8 Å². The molecule has 0 spiro atoms. The lowest BCUT2D eigenvalue weighted by atomic mass is 10.2. The largest absolute Gasteiger partial charge is 0.494 e. The lowest BCUT2D eigenvalue weighted by Gasteiger charge is -2.05. The van der Waals surface area contributed by atoms with Gasteiger partial charge >= 0.3 is 5.97 Å². The van der Waals surface area contributed by atoms with Crippen molar-refractivity contribution in [2.24, 2.45) is 10.2 Å². The molecule has 0 bridgehead atoms. The highest BCUT2D eigenvalue weighted by molar-refractivity contribution is 5.66. The number of nitriles is 1. The maximum Gasteiger partial charge on any atom is 0.303 e. The molecule has 0 aromatic heterocycles. The Kier molecular flexibility index (Phi) is 7.13. The molecule has 0 amide bonds. The van der Waals surface area contributed by atoms with Crippen LogP contribution in [-0.4, -0.2) is 17.7 Å². The molecule has 0 atom stereocenters. The Morgan fingerprint density at radius 3 is 2.12 bits per heavy atom. The zero-order chi connectivity index (χ0) is 17.9. The van der Waals surface area contributed by atoms with Gasteiger partial charge in [-0.05, 0) is 67.8 Å². The van der Waals surface area contributed by atoms with Gasteiger partial charge in [0.1, 0.15) is 5.75 Å². The van der Waals surface area contributed by atoms with Gasteiger partial charge in [-0.3, -0.25) is 4.79 Å². The minimum Gasteiger partial charge on any atom is -0.494 e. The van der Waals surface area contributed by atoms with E-state index in [4.69, 9.17) is 15.1 Å². The summed E-state index contributed by atoms with van der Waals surface area (Å²) < 4.78 is 5.61. The van der Waals surface area contributed by atoms with Crippen LogP contribution in [0.2, 0.25) is 0 Å². The molecule has 0 unspecified atom stereocenters. The van der Waals surface area contributed by atoms with Crippen LogP contribution in [0.5, 0.6) is 5.75 Å². The third-order valence-corrected chi connectivity index (χ3v) is 3.42. The number of benzene rings is 2. The number of hydrogen-bond donors (Lipinski definition) is 1. The van der Waals surface area contributed by atoms with E-state index in [-0.39, 0.29) is 6.42 Å². The average Bonchev–Trinajstić information content (AvgIpc) is 2.64. The Morgan fingerprint density at radius 2 is 1.56 bits per heavy atom. The molecule has 25 heavy (non-hydrogen) atoms. The number of carboxylic acid groups (broad SMARTS) is 1. The van der Waals surface area contributed by atoms with E-state index in [1.165, 1.54) is 0 Å². The van der Waals surface area contributed by atoms with Crippen molar-refractivity contribution in [3.63, 3.8) is 0 Å². The number of azo groups is 1. The van der Waals surface area contributed by atoms with Crippen LogP contribution in [-0.2, 0) is 4.79 Å². The van der Waals surface area contributed by atoms with E-state index in [0.29, 0.717) is 30.0 Å². The Hall–Kier alpha value is -3.20. The first-order valence-electron chi connectivity index (χ1n) is 8.04. The molecular weight excluding hydrogens is 318 g/mol. The lowest BCUT2D eigenvalue weighted by molar-refractivity contribution is -0.137. The molecule has 128 valence electrons. The second-order valence-electron chi connectivity index (χ2n) is 5.41. The van der Waals surface area contributed by atoms with E-state index < -0.39 is 5.97 Å². The summed E-state index contributed by atoms with van der Waals surface area (Å²) in [6.45, 7) is 0.561. The predicted octanol–water partition coefficient (Wildman–Crippen LogP) is 5.00. The molecule has 2 rings (SSSR count). The van der Waals surface area contributed by atoms with Crippen molar-refractivity contribution >= 4 is 17.3 Å². The molecule has 0 radical (unpaired) electrons. The summed E-state index contributed by atoms with van der Waals surface area (Å²) in [6.07, 6.45) is 2.54. The van der Waals surface area contributed by atoms with E-state index in [9.17, 15) is 4.79 Å². The van der Waals surface area contributed by atoms with E-state index in [1.54, 1.807) is 24.3 Å². The van der Waals surface area contributed by atoms with Crippen LogP contribution < -0.4 is 4.74 Å². The van der Waals surface area contributed by atoms with Gasteiger partial charge in [-0.15, -0.1) is 0 Å². The number of hydrogen-bond acceptors (Lipinski definition) is 5. The van der Waals surface area contributed by atoms with Gasteiger partial charge in [0, 0.05) is 6.42 Å². The first kappa shape index (κ1) is 18.1. The minimum absolute atomic E-state index is 0.207. The first-order chi connectivity index (χ1) is 12.2. The molecule has 2 aromatic rings. The number of carboxylic acids is 1. The molecular formula is C19H19N3O3. The molecule has 0 saturated carbocycles. The van der Waals surface area contributed by atoms with Gasteiger partial charge in [-0.1, -0.05) is 0 Å². The Balaban J connectivity index is 1.76. The van der Waals surface area contributed by atoms with Crippen molar-refractivity contribution in [3.05, 3.63) is 54.1 Å². The lowest BCUT2D eigenvalue weighted by Crippen LogP contribution is -1.98. The summed E-state index contributed by atoms with van der Waals surface area (Å²) in [5.41, 5.74) is 1.97. The Bertz CT molecular complexity index is 747. The molecule has 0 aliphatic carbocycles. The fraction of sp³-hybridized carbons (Fsp3) is 0.263. The summed E-state index contributed by atoms with van der Waals surface area (Å²) in [6, 6.07) is 16.2. The van der Waals surface area contributed by atoms with Crippen LogP contribution in [0.3, 0.4) is 0 Å². The average molecular weight is 337 g/mol. The van der Waals surface area contributed by atoms with Crippen molar-refractivity contribution in [3.8, 4) is 11.8 Å². The molecule has 0 fully saturated rings. The van der Waals surface area contributed by atoms with E-state index in [0.717, 1.165) is 18.6 Å². The van der Waals surface area contributed by atoms with Crippen molar-refractivity contribution in [1.29, 1.82) is 5.26 Å². The van der Waals surface area contributed by atoms with Gasteiger partial charge in [0.25, 0.3) is 0 Å². The second kappa shape index (κ2) is 9.83. The van der Waals surface area contributed by atoms with Gasteiger partial charge in [-0.25, -0.2) is 0 Å². The molecule has 0 heterocycles. The van der Waals surface area contributed by atoms with E-state index in [2.05, 4.69) is 16.3 Å². The molecule has 6 heteroatoms. The highest BCUT2D eigenvalue weighted by Crippen LogP contribution is 2.21. The maximum absolute atomic E-state index is 10.4. The molecule has 0 aliphatic heterocycles. The summed E-state index contributed by atoms with van der Waals surface area (Å²) in [7, 11) is 0. The number of carbonyl (C=O) groups is 1. The summed E-state index contributed by atoms with van der Waals surface area (Å²) >= 11 is 0. The molecule has 2 aromatic carbocycles. The topological polar surface area (TPSA) is 95.0 Å². The van der Waals surface area contributed by atoms with Crippen molar-refractivity contribution in [2.75, 3.05) is 6.61 Å². The molecule has 1 N–H and O–H groups in total. The van der Waals surface area contributed by atoms with E-state index >= 15 is 0 Å². The van der Waals surface area contributed by atoms with Gasteiger partial charge < -0.3 is 9.84 Å². The normalized spacial score (nSPS) is 10.5. The predicted molar refractivity (Wildman–Crippen MR) is 93.4 cm³/mol. The number of nitrogens with zero attached hydrogens (tertiary/aromatic N) is 3. The monoisotopic (exact) mass is 337 g/mol. The Labute approximate surface area is 146 Å². The highest BCUT2D eigenvalue weighted by Gasteiger charge is 1.98. The van der Waals surface area contributed by atoms with Gasteiger partial charge in [0.2, 0.25) is 0 Å². The molecule has 0 aliphatic rings. The van der Waals surface area contributed by atoms with Crippen LogP contribution in [0.4, 0.5) is 11.4 Å². The smallest absolute Gasteiger partial charge is 0.303 e. The molecule has 6 nitrogen and oxygen atoms in total. The molecule has 0 saturated heterocycles. The minimum atomic E-state index is -0.758. The summed E-state index contributed by atoms with van der Waals surface area (Å²) in [4.78, 5) is 10.4. The van der Waals surface area contributed by atoms with E-state index in [1.807, 2.05) is 24.3 Å². The SMILES string of the molecule is N#Cc1ccc(/N=N/c2ccc(OCCCCCC(=O)O)cc2)cc1. The summed E-state index contributed by atoms with van der Waals surface area (Å²) in [5, 5.41) is 25.6. The fourth-order valence-corrected chi connectivity index (χ4v) is 2.07. The van der Waals surface area contributed by atoms with Crippen molar-refractivity contribution < 1.29 is 14.6 Å². The van der Waals surface area contributed by atoms with Crippen LogP contribution in [0.1, 0.15) is 31.2 Å². The first-order valence-corrected chi connectivity index (χ1v) is 8.04. The summed E-state index contributed by atoms with van der Waals surface area (Å²) in [5.74, 6) is -0.0118. The second-order valence-corrected chi connectivity index (χ2v) is 5.41. The third kappa shape index (κ3) is 6.83. The quantitative estimate of drug-likeness (QED) is 0.514. The van der Waals surface area contributed by atoms with Crippen molar-refractivity contribution in [1.82, 2.24) is 0 Å². The Morgan fingerprint density at radius 1 is 0.960 bits per heavy atom.